The van der Waals surface area contributed by atoms with Crippen molar-refractivity contribution in [1.29, 1.82) is 0 Å². The zero-order valence-electron chi connectivity index (χ0n) is 11.0. The largest absolute Gasteiger partial charge is 0.387 e. The van der Waals surface area contributed by atoms with Crippen molar-refractivity contribution < 1.29 is 27.9 Å². The molecular weight excluding hydrogens is 289 g/mol. The third kappa shape index (κ3) is 3.15. The van der Waals surface area contributed by atoms with Gasteiger partial charge in [-0.15, -0.1) is 0 Å². The van der Waals surface area contributed by atoms with Gasteiger partial charge >= 0.3 is 0 Å². The van der Waals surface area contributed by atoms with Crippen molar-refractivity contribution in [1.82, 2.24) is 9.80 Å². The van der Waals surface area contributed by atoms with E-state index in [0.29, 0.717) is 12.1 Å². The Morgan fingerprint density at radius 2 is 1.48 bits per heavy atom. The Morgan fingerprint density at radius 1 is 0.952 bits per heavy atom. The van der Waals surface area contributed by atoms with Crippen LogP contribution in [0.15, 0.2) is 12.1 Å². The topological polar surface area (TPSA) is 60.9 Å². The molecule has 0 atom stereocenters. The maximum Gasteiger partial charge on any atom is 0.257 e. The van der Waals surface area contributed by atoms with E-state index in [9.17, 15) is 22.8 Å². The van der Waals surface area contributed by atoms with Crippen LogP contribution in [-0.2, 0) is 4.79 Å². The van der Waals surface area contributed by atoms with Crippen molar-refractivity contribution in [3.8, 4) is 0 Å². The van der Waals surface area contributed by atoms with E-state index in [0.717, 1.165) is 0 Å². The normalized spacial score (nSPS) is 15.2. The molecule has 1 heterocycles. The Bertz CT molecular complexity index is 572. The van der Waals surface area contributed by atoms with Crippen LogP contribution in [0.3, 0.4) is 0 Å². The number of piperazine rings is 1. The molecule has 0 radical (unpaired) electrons. The van der Waals surface area contributed by atoms with Crippen LogP contribution in [0.25, 0.3) is 0 Å². The minimum atomic E-state index is -1.36. The second kappa shape index (κ2) is 6.13. The van der Waals surface area contributed by atoms with Crippen LogP contribution in [0.4, 0.5) is 13.2 Å². The minimum Gasteiger partial charge on any atom is -0.387 e. The second-order valence-electron chi connectivity index (χ2n) is 4.58. The summed E-state index contributed by atoms with van der Waals surface area (Å²) in [6.45, 7) is 0.0185. The molecule has 2 rings (SSSR count). The molecule has 8 heteroatoms. The lowest BCUT2D eigenvalue weighted by Gasteiger charge is -2.34. The van der Waals surface area contributed by atoms with Crippen LogP contribution in [0.1, 0.15) is 10.4 Å². The number of rotatable bonds is 2. The van der Waals surface area contributed by atoms with Crippen LogP contribution >= 0.6 is 0 Å². The Labute approximate surface area is 118 Å². The molecule has 0 aliphatic carbocycles. The van der Waals surface area contributed by atoms with Gasteiger partial charge in [0, 0.05) is 32.2 Å². The number of hydrogen-bond donors (Lipinski definition) is 1. The number of carbonyl (C=O) groups excluding carboxylic acids is 2. The Balaban J connectivity index is 2.09. The average molecular weight is 302 g/mol. The Hall–Kier alpha value is -2.09. The van der Waals surface area contributed by atoms with E-state index in [-0.39, 0.29) is 26.2 Å². The standard InChI is InChI=1S/C13H13F3N2O3/c14-9-6-11(16)10(15)5-8(9)13(21)18-3-1-17(2-4-18)12(20)7-19/h5-6,19H,1-4,7H2. The lowest BCUT2D eigenvalue weighted by atomic mass is 10.1. The number of aliphatic hydroxyl groups excluding tert-OH is 1. The fraction of sp³-hybridized carbons (Fsp3) is 0.385. The highest BCUT2D eigenvalue weighted by molar-refractivity contribution is 5.94. The van der Waals surface area contributed by atoms with Gasteiger partial charge in [0.25, 0.3) is 5.91 Å². The monoisotopic (exact) mass is 302 g/mol. The summed E-state index contributed by atoms with van der Waals surface area (Å²) in [6, 6.07) is 0.854. The molecule has 1 aromatic rings. The number of halogens is 3. The number of amides is 2. The summed E-state index contributed by atoms with van der Waals surface area (Å²) in [4.78, 5) is 26.0. The summed E-state index contributed by atoms with van der Waals surface area (Å²) in [5, 5.41) is 8.73. The van der Waals surface area contributed by atoms with E-state index in [4.69, 9.17) is 5.11 Å². The fourth-order valence-corrected chi connectivity index (χ4v) is 2.12. The van der Waals surface area contributed by atoms with E-state index in [1.165, 1.54) is 9.80 Å². The zero-order valence-corrected chi connectivity index (χ0v) is 11.0. The maximum atomic E-state index is 13.5. The summed E-state index contributed by atoms with van der Waals surface area (Å²) in [7, 11) is 0. The van der Waals surface area contributed by atoms with Crippen LogP contribution in [0.5, 0.6) is 0 Å². The molecule has 1 aromatic carbocycles. The van der Waals surface area contributed by atoms with Crippen molar-refractivity contribution in [2.24, 2.45) is 0 Å². The quantitative estimate of drug-likeness (QED) is 0.804. The lowest BCUT2D eigenvalue weighted by molar-refractivity contribution is -0.135. The predicted octanol–water partition coefficient (Wildman–Crippen LogP) is 0.381. The highest BCUT2D eigenvalue weighted by Gasteiger charge is 2.26. The van der Waals surface area contributed by atoms with Gasteiger partial charge in [-0.05, 0) is 6.07 Å². The van der Waals surface area contributed by atoms with Crippen LogP contribution < -0.4 is 0 Å². The van der Waals surface area contributed by atoms with Gasteiger partial charge in [0.2, 0.25) is 5.91 Å². The third-order valence-corrected chi connectivity index (χ3v) is 3.30. The third-order valence-electron chi connectivity index (χ3n) is 3.30. The van der Waals surface area contributed by atoms with Crippen molar-refractivity contribution in [3.05, 3.63) is 35.1 Å². The molecule has 1 aliphatic heterocycles. The van der Waals surface area contributed by atoms with Gasteiger partial charge in [-0.3, -0.25) is 9.59 Å². The Morgan fingerprint density at radius 3 is 2.05 bits per heavy atom. The SMILES string of the molecule is O=C(CO)N1CCN(C(=O)c2cc(F)c(F)cc2F)CC1. The first-order chi connectivity index (χ1) is 9.93. The molecule has 0 saturated carbocycles. The van der Waals surface area contributed by atoms with Crippen LogP contribution in [-0.4, -0.2) is 59.5 Å². The van der Waals surface area contributed by atoms with Gasteiger partial charge in [-0.2, -0.15) is 0 Å². The molecule has 1 saturated heterocycles. The summed E-state index contributed by atoms with van der Waals surface area (Å²) in [6.07, 6.45) is 0. The minimum absolute atomic E-state index is 0.128. The van der Waals surface area contributed by atoms with Crippen LogP contribution in [0, 0.1) is 17.5 Å². The number of aliphatic hydroxyl groups is 1. The first-order valence-corrected chi connectivity index (χ1v) is 6.26. The van der Waals surface area contributed by atoms with E-state index in [1.54, 1.807) is 0 Å². The highest BCUT2D eigenvalue weighted by Crippen LogP contribution is 2.16. The highest BCUT2D eigenvalue weighted by atomic mass is 19.2. The average Bonchev–Trinajstić information content (AvgIpc) is 2.49. The number of benzene rings is 1. The summed E-state index contributed by atoms with van der Waals surface area (Å²) >= 11 is 0. The predicted molar refractivity (Wildman–Crippen MR) is 65.9 cm³/mol. The van der Waals surface area contributed by atoms with Gasteiger partial charge in [-0.25, -0.2) is 13.2 Å². The van der Waals surface area contributed by atoms with E-state index in [1.807, 2.05) is 0 Å². The van der Waals surface area contributed by atoms with Crippen molar-refractivity contribution >= 4 is 11.8 Å². The summed E-state index contributed by atoms with van der Waals surface area (Å²) in [5.74, 6) is -5.01. The molecule has 2 amide bonds. The molecular formula is C13H13F3N2O3. The van der Waals surface area contributed by atoms with Gasteiger partial charge < -0.3 is 14.9 Å². The molecule has 0 aromatic heterocycles. The van der Waals surface area contributed by atoms with Gasteiger partial charge in [0.05, 0.1) is 5.56 Å². The molecule has 0 spiro atoms. The number of carbonyl (C=O) groups is 2. The van der Waals surface area contributed by atoms with Crippen molar-refractivity contribution in [2.45, 2.75) is 0 Å². The first-order valence-electron chi connectivity index (χ1n) is 6.26. The molecule has 1 aliphatic rings. The van der Waals surface area contributed by atoms with E-state index < -0.39 is 41.4 Å². The smallest absolute Gasteiger partial charge is 0.257 e. The summed E-state index contributed by atoms with van der Waals surface area (Å²) < 4.78 is 39.5. The molecule has 1 N–H and O–H groups in total. The summed E-state index contributed by atoms with van der Waals surface area (Å²) in [5.41, 5.74) is -0.546. The van der Waals surface area contributed by atoms with E-state index in [2.05, 4.69) is 0 Å². The van der Waals surface area contributed by atoms with Crippen molar-refractivity contribution in [3.63, 3.8) is 0 Å². The first kappa shape index (κ1) is 15.3. The van der Waals surface area contributed by atoms with Crippen LogP contribution in [0.2, 0.25) is 0 Å². The Kier molecular flexibility index (Phi) is 4.46. The maximum absolute atomic E-state index is 13.5. The molecule has 0 bridgehead atoms. The molecule has 21 heavy (non-hydrogen) atoms. The molecule has 1 fully saturated rings. The fourth-order valence-electron chi connectivity index (χ4n) is 2.12. The van der Waals surface area contributed by atoms with E-state index >= 15 is 0 Å². The second-order valence-corrected chi connectivity index (χ2v) is 4.58. The van der Waals surface area contributed by atoms with Crippen molar-refractivity contribution in [2.75, 3.05) is 32.8 Å². The van der Waals surface area contributed by atoms with Gasteiger partial charge in [-0.1, -0.05) is 0 Å². The molecule has 114 valence electrons. The molecule has 5 nitrogen and oxygen atoms in total. The van der Waals surface area contributed by atoms with Gasteiger partial charge in [0.1, 0.15) is 12.4 Å². The molecule has 0 unspecified atom stereocenters. The zero-order chi connectivity index (χ0) is 15.6. The number of hydrogen-bond acceptors (Lipinski definition) is 3. The van der Waals surface area contributed by atoms with Gasteiger partial charge in [0.15, 0.2) is 11.6 Å². The lowest BCUT2D eigenvalue weighted by Crippen LogP contribution is -2.51. The number of nitrogens with zero attached hydrogens (tertiary/aromatic N) is 2.